The predicted molar refractivity (Wildman–Crippen MR) is 116 cm³/mol. The van der Waals surface area contributed by atoms with E-state index in [2.05, 4.69) is 10.3 Å². The monoisotopic (exact) mass is 449 g/mol. The zero-order valence-electron chi connectivity index (χ0n) is 16.0. The van der Waals surface area contributed by atoms with Crippen LogP contribution in [0.3, 0.4) is 0 Å². The molecule has 1 unspecified atom stereocenters. The molecular weight excluding hydrogens is 430 g/mol. The minimum absolute atomic E-state index is 0.132. The quantitative estimate of drug-likeness (QED) is 0.641. The summed E-state index contributed by atoms with van der Waals surface area (Å²) in [5, 5.41) is 3.76. The van der Waals surface area contributed by atoms with Crippen LogP contribution in [0.5, 0.6) is 0 Å². The topological polar surface area (TPSA) is 79.4 Å². The van der Waals surface area contributed by atoms with Crippen LogP contribution in [0.2, 0.25) is 5.02 Å². The van der Waals surface area contributed by atoms with Crippen molar-refractivity contribution < 1.29 is 13.2 Å². The average Bonchev–Trinajstić information content (AvgIpc) is 3.33. The van der Waals surface area contributed by atoms with E-state index in [1.807, 2.05) is 26.0 Å². The van der Waals surface area contributed by atoms with Crippen molar-refractivity contribution >= 4 is 54.2 Å². The van der Waals surface area contributed by atoms with Gasteiger partial charge in [0.25, 0.3) is 0 Å². The van der Waals surface area contributed by atoms with Crippen LogP contribution in [0.4, 0.5) is 5.13 Å². The first-order valence-corrected chi connectivity index (χ1v) is 11.9. The van der Waals surface area contributed by atoms with Crippen LogP contribution in [-0.2, 0) is 14.8 Å². The third kappa shape index (κ3) is 3.77. The van der Waals surface area contributed by atoms with Crippen molar-refractivity contribution in [3.63, 3.8) is 0 Å². The van der Waals surface area contributed by atoms with Crippen molar-refractivity contribution in [2.45, 2.75) is 37.6 Å². The maximum atomic E-state index is 13.0. The molecule has 0 bridgehead atoms. The third-order valence-electron chi connectivity index (χ3n) is 5.24. The molecule has 2 aromatic carbocycles. The summed E-state index contributed by atoms with van der Waals surface area (Å²) in [6.07, 6.45) is 1.10. The van der Waals surface area contributed by atoms with Crippen LogP contribution >= 0.6 is 22.9 Å². The SMILES string of the molecule is Cc1ccc2sc(NC(=O)C3CCCN3S(=O)(=O)c3ccc(Cl)cc3)nc2c1C. The number of aromatic nitrogens is 1. The highest BCUT2D eigenvalue weighted by Crippen LogP contribution is 2.31. The van der Waals surface area contributed by atoms with Crippen molar-refractivity contribution in [2.75, 3.05) is 11.9 Å². The molecule has 1 fully saturated rings. The number of sulfonamides is 1. The van der Waals surface area contributed by atoms with Crippen molar-refractivity contribution in [2.24, 2.45) is 0 Å². The van der Waals surface area contributed by atoms with Gasteiger partial charge in [0.05, 0.1) is 15.1 Å². The largest absolute Gasteiger partial charge is 0.301 e. The highest BCUT2D eigenvalue weighted by molar-refractivity contribution is 7.89. The highest BCUT2D eigenvalue weighted by atomic mass is 35.5. The number of carbonyl (C=O) groups is 1. The summed E-state index contributed by atoms with van der Waals surface area (Å²) < 4.78 is 28.3. The first kappa shape index (κ1) is 20.3. The van der Waals surface area contributed by atoms with E-state index < -0.39 is 16.1 Å². The van der Waals surface area contributed by atoms with E-state index >= 15 is 0 Å². The van der Waals surface area contributed by atoms with E-state index in [-0.39, 0.29) is 10.8 Å². The van der Waals surface area contributed by atoms with Gasteiger partial charge < -0.3 is 5.32 Å². The molecule has 1 aliphatic heterocycles. The molecule has 6 nitrogen and oxygen atoms in total. The van der Waals surface area contributed by atoms with Crippen LogP contribution in [0.1, 0.15) is 24.0 Å². The number of aryl methyl sites for hydroxylation is 2. The molecular formula is C20H20ClN3O3S2. The molecule has 1 amide bonds. The van der Waals surface area contributed by atoms with Crippen molar-refractivity contribution in [3.05, 3.63) is 52.5 Å². The second-order valence-electron chi connectivity index (χ2n) is 7.09. The van der Waals surface area contributed by atoms with Crippen molar-refractivity contribution in [1.29, 1.82) is 0 Å². The molecule has 0 spiro atoms. The Labute approximate surface area is 178 Å². The molecule has 1 aromatic heterocycles. The number of anilines is 1. The van der Waals surface area contributed by atoms with Crippen LogP contribution < -0.4 is 5.32 Å². The number of rotatable bonds is 4. The summed E-state index contributed by atoms with van der Waals surface area (Å²) in [6.45, 7) is 4.33. The third-order valence-corrected chi connectivity index (χ3v) is 8.35. The Balaban J connectivity index is 1.58. The Morgan fingerprint density at radius 3 is 2.66 bits per heavy atom. The molecule has 29 heavy (non-hydrogen) atoms. The number of thiazole rings is 1. The van der Waals surface area contributed by atoms with E-state index in [4.69, 9.17) is 11.6 Å². The van der Waals surface area contributed by atoms with Crippen LogP contribution in [-0.4, -0.2) is 36.2 Å². The fourth-order valence-electron chi connectivity index (χ4n) is 3.50. The summed E-state index contributed by atoms with van der Waals surface area (Å²) in [5.74, 6) is -0.353. The lowest BCUT2D eigenvalue weighted by atomic mass is 10.1. The zero-order chi connectivity index (χ0) is 20.8. The van der Waals surface area contributed by atoms with Gasteiger partial charge in [0.15, 0.2) is 5.13 Å². The van der Waals surface area contributed by atoms with Gasteiger partial charge in [-0.05, 0) is 68.1 Å². The van der Waals surface area contributed by atoms with Gasteiger partial charge in [-0.2, -0.15) is 4.31 Å². The Bertz CT molecular complexity index is 1190. The fourth-order valence-corrected chi connectivity index (χ4v) is 6.21. The van der Waals surface area contributed by atoms with Gasteiger partial charge in [-0.1, -0.05) is 29.0 Å². The van der Waals surface area contributed by atoms with Gasteiger partial charge >= 0.3 is 0 Å². The molecule has 152 valence electrons. The predicted octanol–water partition coefficient (Wildman–Crippen LogP) is 4.36. The molecule has 1 N–H and O–H groups in total. The summed E-state index contributed by atoms with van der Waals surface area (Å²) in [6, 6.07) is 9.24. The molecule has 0 saturated carbocycles. The molecule has 1 aliphatic rings. The van der Waals surface area contributed by atoms with E-state index in [9.17, 15) is 13.2 Å². The van der Waals surface area contributed by atoms with Crippen molar-refractivity contribution in [1.82, 2.24) is 9.29 Å². The first-order valence-electron chi connectivity index (χ1n) is 9.22. The molecule has 2 heterocycles. The summed E-state index contributed by atoms with van der Waals surface area (Å²) in [4.78, 5) is 17.6. The highest BCUT2D eigenvalue weighted by Gasteiger charge is 2.39. The fraction of sp³-hybridized carbons (Fsp3) is 0.300. The van der Waals surface area contributed by atoms with E-state index in [0.29, 0.717) is 29.5 Å². The summed E-state index contributed by atoms with van der Waals surface area (Å²) in [5.41, 5.74) is 3.08. The average molecular weight is 450 g/mol. The maximum absolute atomic E-state index is 13.0. The Hall–Kier alpha value is -2.00. The van der Waals surface area contributed by atoms with Gasteiger partial charge in [-0.25, -0.2) is 13.4 Å². The number of carbonyl (C=O) groups excluding carboxylic acids is 1. The van der Waals surface area contributed by atoms with Gasteiger partial charge in [-0.15, -0.1) is 0 Å². The van der Waals surface area contributed by atoms with Crippen LogP contribution in [0.15, 0.2) is 41.3 Å². The molecule has 9 heteroatoms. The molecule has 3 aromatic rings. The lowest BCUT2D eigenvalue weighted by Crippen LogP contribution is -2.43. The molecule has 0 aliphatic carbocycles. The molecule has 4 rings (SSSR count). The Kier molecular flexibility index (Phi) is 5.37. The summed E-state index contributed by atoms with van der Waals surface area (Å²) >= 11 is 7.26. The number of nitrogens with one attached hydrogen (secondary N) is 1. The van der Waals surface area contributed by atoms with E-state index in [0.717, 1.165) is 21.3 Å². The Morgan fingerprint density at radius 2 is 1.93 bits per heavy atom. The molecule has 1 atom stereocenters. The number of fused-ring (bicyclic) bond motifs is 1. The van der Waals surface area contributed by atoms with Crippen molar-refractivity contribution in [3.8, 4) is 0 Å². The number of hydrogen-bond acceptors (Lipinski definition) is 5. The zero-order valence-corrected chi connectivity index (χ0v) is 18.4. The van der Waals surface area contributed by atoms with Gasteiger partial charge in [-0.3, -0.25) is 4.79 Å². The molecule has 0 radical (unpaired) electrons. The minimum atomic E-state index is -3.78. The second kappa shape index (κ2) is 7.68. The number of amides is 1. The lowest BCUT2D eigenvalue weighted by molar-refractivity contribution is -0.119. The smallest absolute Gasteiger partial charge is 0.244 e. The van der Waals surface area contributed by atoms with E-state index in [1.165, 1.54) is 39.9 Å². The maximum Gasteiger partial charge on any atom is 0.244 e. The van der Waals surface area contributed by atoms with Crippen LogP contribution in [0.25, 0.3) is 10.2 Å². The van der Waals surface area contributed by atoms with E-state index in [1.54, 1.807) is 0 Å². The van der Waals surface area contributed by atoms with Gasteiger partial charge in [0.2, 0.25) is 15.9 Å². The number of halogens is 1. The van der Waals surface area contributed by atoms with Crippen LogP contribution in [0, 0.1) is 13.8 Å². The standard InChI is InChI=1S/C20H20ClN3O3S2/c1-12-5-10-17-18(13(12)2)22-20(28-17)23-19(25)16-4-3-11-24(16)29(26,27)15-8-6-14(21)7-9-15/h5-10,16H,3-4,11H2,1-2H3,(H,22,23,25). The second-order valence-corrected chi connectivity index (χ2v) is 10.4. The number of benzene rings is 2. The minimum Gasteiger partial charge on any atom is -0.301 e. The number of nitrogens with zero attached hydrogens (tertiary/aromatic N) is 2. The van der Waals surface area contributed by atoms with Gasteiger partial charge in [0, 0.05) is 11.6 Å². The Morgan fingerprint density at radius 1 is 1.21 bits per heavy atom. The summed E-state index contributed by atoms with van der Waals surface area (Å²) in [7, 11) is -3.78. The normalized spacial score (nSPS) is 17.7. The first-order chi connectivity index (χ1) is 13.8. The lowest BCUT2D eigenvalue weighted by Gasteiger charge is -2.23. The molecule has 1 saturated heterocycles. The number of hydrogen-bond donors (Lipinski definition) is 1. The van der Waals surface area contributed by atoms with Gasteiger partial charge in [0.1, 0.15) is 6.04 Å².